The number of hydrogen-bond acceptors (Lipinski definition) is 6. The third-order valence-electron chi connectivity index (χ3n) is 4.11. The van der Waals surface area contributed by atoms with Crippen LogP contribution in [0, 0.1) is 6.92 Å². The smallest absolute Gasteiger partial charge is 0.237 e. The second-order valence-electron chi connectivity index (χ2n) is 6.09. The molecule has 0 aliphatic carbocycles. The predicted molar refractivity (Wildman–Crippen MR) is 111 cm³/mol. The van der Waals surface area contributed by atoms with Crippen molar-refractivity contribution in [2.24, 2.45) is 0 Å². The normalized spacial score (nSPS) is 11.9. The summed E-state index contributed by atoms with van der Waals surface area (Å²) in [4.78, 5) is 12.6. The summed E-state index contributed by atoms with van der Waals surface area (Å²) in [5, 5.41) is 15.0. The van der Waals surface area contributed by atoms with E-state index in [2.05, 4.69) is 20.8 Å². The molecule has 0 radical (unpaired) electrons. The van der Waals surface area contributed by atoms with Crippen LogP contribution < -0.4 is 10.1 Å². The van der Waals surface area contributed by atoms with E-state index in [0.29, 0.717) is 28.0 Å². The lowest BCUT2D eigenvalue weighted by Crippen LogP contribution is -2.23. The van der Waals surface area contributed by atoms with Crippen molar-refractivity contribution >= 4 is 35.0 Å². The van der Waals surface area contributed by atoms with Gasteiger partial charge < -0.3 is 10.1 Å². The number of nitrogens with one attached hydrogen (secondary N) is 1. The van der Waals surface area contributed by atoms with Gasteiger partial charge in [0.2, 0.25) is 5.91 Å². The van der Waals surface area contributed by atoms with Crippen molar-refractivity contribution in [1.82, 2.24) is 20.2 Å². The maximum Gasteiger partial charge on any atom is 0.237 e. The maximum absolute atomic E-state index is 12.6. The minimum Gasteiger partial charge on any atom is -0.495 e. The number of carbonyl (C=O) groups is 1. The first-order valence-electron chi connectivity index (χ1n) is 8.59. The van der Waals surface area contributed by atoms with Crippen molar-refractivity contribution in [2.45, 2.75) is 24.9 Å². The van der Waals surface area contributed by atoms with Crippen LogP contribution in [-0.2, 0) is 10.5 Å². The molecule has 0 saturated heterocycles. The number of benzene rings is 2. The fraction of sp³-hybridized carbons (Fsp3) is 0.263. The molecule has 3 aromatic rings. The molecule has 146 valence electrons. The molecule has 3 rings (SSSR count). The minimum atomic E-state index is -0.318. The molecule has 1 atom stereocenters. The van der Waals surface area contributed by atoms with Crippen molar-refractivity contribution in [2.75, 3.05) is 12.4 Å². The molecule has 1 unspecified atom stereocenters. The summed E-state index contributed by atoms with van der Waals surface area (Å²) in [6.45, 7) is 3.71. The average Bonchev–Trinajstić information content (AvgIpc) is 3.18. The molecule has 0 bridgehead atoms. The number of halogens is 1. The Morgan fingerprint density at radius 2 is 2.07 bits per heavy atom. The molecule has 1 aromatic heterocycles. The molecular formula is C19H20ClN5O2S. The summed E-state index contributed by atoms with van der Waals surface area (Å²) in [7, 11) is 1.54. The van der Waals surface area contributed by atoms with E-state index in [4.69, 9.17) is 16.3 Å². The Bertz CT molecular complexity index is 964. The molecule has 1 N–H and O–H groups in total. The predicted octanol–water partition coefficient (Wildman–Crippen LogP) is 3.89. The molecule has 2 aromatic carbocycles. The fourth-order valence-electron chi connectivity index (χ4n) is 2.50. The second kappa shape index (κ2) is 9.07. The third kappa shape index (κ3) is 4.63. The summed E-state index contributed by atoms with van der Waals surface area (Å²) < 4.78 is 6.98. The maximum atomic E-state index is 12.6. The van der Waals surface area contributed by atoms with E-state index in [0.717, 1.165) is 11.3 Å². The number of amides is 1. The largest absolute Gasteiger partial charge is 0.495 e. The van der Waals surface area contributed by atoms with Crippen LogP contribution in [0.2, 0.25) is 5.02 Å². The monoisotopic (exact) mass is 417 g/mol. The van der Waals surface area contributed by atoms with Gasteiger partial charge in [-0.15, -0.1) is 16.9 Å². The van der Waals surface area contributed by atoms with E-state index in [1.54, 1.807) is 16.8 Å². The first kappa shape index (κ1) is 20.2. The topological polar surface area (TPSA) is 81.9 Å². The van der Waals surface area contributed by atoms with E-state index >= 15 is 0 Å². The lowest BCUT2D eigenvalue weighted by Gasteiger charge is -2.15. The molecule has 0 saturated carbocycles. The number of para-hydroxylation sites is 1. The van der Waals surface area contributed by atoms with Crippen LogP contribution in [0.15, 0.2) is 42.5 Å². The summed E-state index contributed by atoms with van der Waals surface area (Å²) in [5.74, 6) is 1.56. The van der Waals surface area contributed by atoms with Crippen molar-refractivity contribution < 1.29 is 9.53 Å². The van der Waals surface area contributed by atoms with Crippen LogP contribution in [-0.4, -0.2) is 38.5 Å². The zero-order valence-electron chi connectivity index (χ0n) is 15.7. The third-order valence-corrected chi connectivity index (χ3v) is 5.65. The summed E-state index contributed by atoms with van der Waals surface area (Å²) in [6.07, 6.45) is 0. The lowest BCUT2D eigenvalue weighted by molar-refractivity contribution is -0.115. The van der Waals surface area contributed by atoms with Crippen molar-refractivity contribution in [1.29, 1.82) is 0 Å². The first-order valence-corrected chi connectivity index (χ1v) is 10.0. The Labute approximate surface area is 172 Å². The van der Waals surface area contributed by atoms with E-state index in [1.807, 2.05) is 44.2 Å². The SMILES string of the molecule is COc1cc(Cl)c(C)cc1NC(=O)C(C)SCc1nnnn1-c1ccccc1. The number of tetrazole rings is 1. The lowest BCUT2D eigenvalue weighted by atomic mass is 10.2. The molecule has 28 heavy (non-hydrogen) atoms. The number of methoxy groups -OCH3 is 1. The van der Waals surface area contributed by atoms with Gasteiger partial charge in [0, 0.05) is 11.1 Å². The highest BCUT2D eigenvalue weighted by Gasteiger charge is 2.18. The second-order valence-corrected chi connectivity index (χ2v) is 7.82. The zero-order chi connectivity index (χ0) is 20.1. The number of thioether (sulfide) groups is 1. The van der Waals surface area contributed by atoms with Gasteiger partial charge in [-0.2, -0.15) is 4.68 Å². The summed E-state index contributed by atoms with van der Waals surface area (Å²) >= 11 is 7.57. The molecule has 0 fully saturated rings. The molecule has 0 aliphatic rings. The van der Waals surface area contributed by atoms with Crippen LogP contribution in [0.5, 0.6) is 5.75 Å². The standard InChI is InChI=1S/C19H20ClN5O2S/c1-12-9-16(17(27-3)10-15(12)20)21-19(26)13(2)28-11-18-22-23-24-25(18)14-7-5-4-6-8-14/h4-10,13H,11H2,1-3H3,(H,21,26). The van der Waals surface area contributed by atoms with Crippen LogP contribution in [0.1, 0.15) is 18.3 Å². The van der Waals surface area contributed by atoms with Gasteiger partial charge in [-0.1, -0.05) is 29.8 Å². The van der Waals surface area contributed by atoms with Gasteiger partial charge in [-0.25, -0.2) is 0 Å². The van der Waals surface area contributed by atoms with Crippen molar-refractivity contribution in [3.8, 4) is 11.4 Å². The van der Waals surface area contributed by atoms with Crippen LogP contribution >= 0.6 is 23.4 Å². The number of rotatable bonds is 7. The zero-order valence-corrected chi connectivity index (χ0v) is 17.3. The highest BCUT2D eigenvalue weighted by molar-refractivity contribution is 7.99. The number of hydrogen-bond donors (Lipinski definition) is 1. The molecule has 7 nitrogen and oxygen atoms in total. The van der Waals surface area contributed by atoms with Gasteiger partial charge in [0.25, 0.3) is 0 Å². The Morgan fingerprint density at radius 1 is 1.32 bits per heavy atom. The Hall–Kier alpha value is -2.58. The molecule has 0 aliphatic heterocycles. The van der Waals surface area contributed by atoms with Crippen molar-refractivity contribution in [3.63, 3.8) is 0 Å². The van der Waals surface area contributed by atoms with Crippen molar-refractivity contribution in [3.05, 3.63) is 58.9 Å². The number of nitrogens with zero attached hydrogens (tertiary/aromatic N) is 4. The van der Waals surface area contributed by atoms with Crippen LogP contribution in [0.25, 0.3) is 5.69 Å². The van der Waals surface area contributed by atoms with E-state index in [-0.39, 0.29) is 11.2 Å². The van der Waals surface area contributed by atoms with Gasteiger partial charge in [0.1, 0.15) is 5.75 Å². The van der Waals surface area contributed by atoms with Gasteiger partial charge in [-0.05, 0) is 48.0 Å². The molecule has 9 heteroatoms. The quantitative estimate of drug-likeness (QED) is 0.628. The van der Waals surface area contributed by atoms with E-state index < -0.39 is 0 Å². The Morgan fingerprint density at radius 3 is 2.79 bits per heavy atom. The molecule has 0 spiro atoms. The first-order chi connectivity index (χ1) is 13.5. The van der Waals surface area contributed by atoms with E-state index in [9.17, 15) is 4.79 Å². The number of aryl methyl sites for hydroxylation is 1. The summed E-state index contributed by atoms with van der Waals surface area (Å²) in [6, 6.07) is 13.1. The fourth-order valence-corrected chi connectivity index (χ4v) is 3.45. The molecular weight excluding hydrogens is 398 g/mol. The molecule has 1 heterocycles. The number of carbonyl (C=O) groups excluding carboxylic acids is 1. The van der Waals surface area contributed by atoms with Crippen LogP contribution in [0.3, 0.4) is 0 Å². The average molecular weight is 418 g/mol. The number of ether oxygens (including phenoxy) is 1. The Balaban J connectivity index is 1.65. The van der Waals surface area contributed by atoms with Gasteiger partial charge >= 0.3 is 0 Å². The number of anilines is 1. The van der Waals surface area contributed by atoms with Gasteiger partial charge in [0.05, 0.1) is 29.5 Å². The number of aromatic nitrogens is 4. The highest BCUT2D eigenvalue weighted by Crippen LogP contribution is 2.31. The van der Waals surface area contributed by atoms with Gasteiger partial charge in [0.15, 0.2) is 5.82 Å². The summed E-state index contributed by atoms with van der Waals surface area (Å²) in [5.41, 5.74) is 2.33. The highest BCUT2D eigenvalue weighted by atomic mass is 35.5. The van der Waals surface area contributed by atoms with Crippen LogP contribution in [0.4, 0.5) is 5.69 Å². The van der Waals surface area contributed by atoms with Gasteiger partial charge in [-0.3, -0.25) is 4.79 Å². The van der Waals surface area contributed by atoms with E-state index in [1.165, 1.54) is 18.9 Å². The minimum absolute atomic E-state index is 0.135. The Kier molecular flexibility index (Phi) is 6.53. The molecule has 1 amide bonds.